The van der Waals surface area contributed by atoms with E-state index in [0.29, 0.717) is 13.1 Å². The molecule has 0 saturated heterocycles. The minimum atomic E-state index is -0.570. The quantitative estimate of drug-likeness (QED) is 0.899. The maximum absolute atomic E-state index is 12.8. The molecule has 0 fully saturated rings. The van der Waals surface area contributed by atoms with Crippen molar-refractivity contribution in [2.24, 2.45) is 0 Å². The van der Waals surface area contributed by atoms with Crippen LogP contribution in [0.25, 0.3) is 0 Å². The maximum atomic E-state index is 12.8. The Morgan fingerprint density at radius 3 is 2.54 bits per heavy atom. The van der Waals surface area contributed by atoms with Crippen LogP contribution in [-0.2, 0) is 16.0 Å². The molecule has 2 unspecified atom stereocenters. The van der Waals surface area contributed by atoms with Crippen LogP contribution in [0.2, 0.25) is 0 Å². The zero-order valence-corrected chi connectivity index (χ0v) is 15.0. The highest BCUT2D eigenvalue weighted by Gasteiger charge is 2.32. The Morgan fingerprint density at radius 1 is 1.29 bits per heavy atom. The molecule has 5 heteroatoms. The van der Waals surface area contributed by atoms with Crippen LogP contribution in [0.5, 0.6) is 0 Å². The van der Waals surface area contributed by atoms with Gasteiger partial charge < -0.3 is 14.9 Å². The standard InChI is InChI=1S/C19H28N2O3/c1-13(2)21(12-14(3)22)19(24)11-18-17-8-6-5-7-16(17)9-10-20(18)15(4)23/h5-8,13-14,18,22H,9-12H2,1-4H3. The summed E-state index contributed by atoms with van der Waals surface area (Å²) in [6.07, 6.45) is 0.502. The lowest BCUT2D eigenvalue weighted by atomic mass is 9.90. The molecular formula is C19H28N2O3. The zero-order chi connectivity index (χ0) is 17.9. The van der Waals surface area contributed by atoms with E-state index in [2.05, 4.69) is 6.07 Å². The van der Waals surface area contributed by atoms with Crippen molar-refractivity contribution in [3.05, 3.63) is 35.4 Å². The molecule has 0 spiro atoms. The lowest BCUT2D eigenvalue weighted by molar-refractivity contribution is -0.138. The van der Waals surface area contributed by atoms with Gasteiger partial charge in [-0.05, 0) is 38.3 Å². The summed E-state index contributed by atoms with van der Waals surface area (Å²) in [4.78, 5) is 28.4. The van der Waals surface area contributed by atoms with Crippen molar-refractivity contribution in [3.8, 4) is 0 Å². The molecule has 2 amide bonds. The summed E-state index contributed by atoms with van der Waals surface area (Å²) < 4.78 is 0. The van der Waals surface area contributed by atoms with E-state index in [1.807, 2.05) is 32.0 Å². The lowest BCUT2D eigenvalue weighted by Gasteiger charge is -2.38. The Hall–Kier alpha value is -1.88. The van der Waals surface area contributed by atoms with E-state index in [0.717, 1.165) is 12.0 Å². The summed E-state index contributed by atoms with van der Waals surface area (Å²) in [7, 11) is 0. The first-order valence-electron chi connectivity index (χ1n) is 8.63. The van der Waals surface area contributed by atoms with Crippen molar-refractivity contribution in [2.45, 2.75) is 58.7 Å². The molecule has 0 bridgehead atoms. The second-order valence-corrected chi connectivity index (χ2v) is 6.87. The first-order valence-corrected chi connectivity index (χ1v) is 8.63. The molecule has 0 aromatic heterocycles. The predicted molar refractivity (Wildman–Crippen MR) is 93.4 cm³/mol. The third-order valence-electron chi connectivity index (χ3n) is 4.59. The highest BCUT2D eigenvalue weighted by atomic mass is 16.3. The van der Waals surface area contributed by atoms with Crippen LogP contribution in [-0.4, -0.2) is 52.0 Å². The van der Waals surface area contributed by atoms with Gasteiger partial charge in [-0.1, -0.05) is 24.3 Å². The Kier molecular flexibility index (Phi) is 5.99. The van der Waals surface area contributed by atoms with Gasteiger partial charge in [-0.2, -0.15) is 0 Å². The van der Waals surface area contributed by atoms with Crippen molar-refractivity contribution in [2.75, 3.05) is 13.1 Å². The smallest absolute Gasteiger partial charge is 0.225 e. The Morgan fingerprint density at radius 2 is 1.96 bits per heavy atom. The third kappa shape index (κ3) is 4.15. The summed E-state index contributed by atoms with van der Waals surface area (Å²) in [6.45, 7) is 8.07. The molecule has 1 aliphatic rings. The minimum absolute atomic E-state index is 0.00562. The van der Waals surface area contributed by atoms with E-state index in [-0.39, 0.29) is 30.3 Å². The van der Waals surface area contributed by atoms with Gasteiger partial charge in [0.2, 0.25) is 11.8 Å². The zero-order valence-electron chi connectivity index (χ0n) is 15.0. The Balaban J connectivity index is 2.26. The molecule has 1 aliphatic heterocycles. The summed E-state index contributed by atoms with van der Waals surface area (Å²) in [5, 5.41) is 9.67. The van der Waals surface area contributed by atoms with Crippen molar-refractivity contribution in [1.29, 1.82) is 0 Å². The summed E-state index contributed by atoms with van der Waals surface area (Å²) in [6, 6.07) is 7.81. The Bertz CT molecular complexity index is 598. The highest BCUT2D eigenvalue weighted by molar-refractivity contribution is 5.80. The van der Waals surface area contributed by atoms with E-state index < -0.39 is 6.10 Å². The number of amides is 2. The number of hydrogen-bond donors (Lipinski definition) is 1. The highest BCUT2D eigenvalue weighted by Crippen LogP contribution is 2.33. The largest absolute Gasteiger partial charge is 0.392 e. The van der Waals surface area contributed by atoms with Crippen LogP contribution in [0.15, 0.2) is 24.3 Å². The second-order valence-electron chi connectivity index (χ2n) is 6.87. The monoisotopic (exact) mass is 332 g/mol. The molecule has 0 radical (unpaired) electrons. The van der Waals surface area contributed by atoms with Crippen molar-refractivity contribution < 1.29 is 14.7 Å². The second kappa shape index (κ2) is 7.79. The van der Waals surface area contributed by atoms with Crippen LogP contribution in [0.3, 0.4) is 0 Å². The number of aliphatic hydroxyl groups is 1. The van der Waals surface area contributed by atoms with Gasteiger partial charge in [0.15, 0.2) is 0 Å². The van der Waals surface area contributed by atoms with Crippen LogP contribution in [0.4, 0.5) is 0 Å². The average molecular weight is 332 g/mol. The van der Waals surface area contributed by atoms with Crippen molar-refractivity contribution >= 4 is 11.8 Å². The number of aliphatic hydroxyl groups excluding tert-OH is 1. The molecule has 2 atom stereocenters. The molecule has 5 nitrogen and oxygen atoms in total. The number of fused-ring (bicyclic) bond motifs is 1. The molecule has 2 rings (SSSR count). The number of carbonyl (C=O) groups excluding carboxylic acids is 2. The maximum Gasteiger partial charge on any atom is 0.225 e. The fourth-order valence-corrected chi connectivity index (χ4v) is 3.42. The molecule has 1 heterocycles. The van der Waals surface area contributed by atoms with E-state index in [4.69, 9.17) is 0 Å². The van der Waals surface area contributed by atoms with Gasteiger partial charge in [0.25, 0.3) is 0 Å². The SMILES string of the molecule is CC(=O)N1CCc2ccccc2C1CC(=O)N(CC(C)O)C(C)C. The topological polar surface area (TPSA) is 60.9 Å². The van der Waals surface area contributed by atoms with E-state index in [9.17, 15) is 14.7 Å². The molecule has 1 aromatic rings. The van der Waals surface area contributed by atoms with Gasteiger partial charge in [-0.15, -0.1) is 0 Å². The third-order valence-corrected chi connectivity index (χ3v) is 4.59. The molecule has 24 heavy (non-hydrogen) atoms. The molecule has 1 N–H and O–H groups in total. The van der Waals surface area contributed by atoms with Gasteiger partial charge in [0.05, 0.1) is 18.6 Å². The van der Waals surface area contributed by atoms with Crippen LogP contribution in [0, 0.1) is 0 Å². The number of hydrogen-bond acceptors (Lipinski definition) is 3. The van der Waals surface area contributed by atoms with Crippen LogP contribution in [0.1, 0.15) is 51.3 Å². The lowest BCUT2D eigenvalue weighted by Crippen LogP contribution is -2.45. The van der Waals surface area contributed by atoms with Gasteiger partial charge in [-0.3, -0.25) is 9.59 Å². The van der Waals surface area contributed by atoms with Gasteiger partial charge in [0.1, 0.15) is 0 Å². The van der Waals surface area contributed by atoms with Gasteiger partial charge in [0, 0.05) is 26.1 Å². The molecular weight excluding hydrogens is 304 g/mol. The summed E-state index contributed by atoms with van der Waals surface area (Å²) >= 11 is 0. The predicted octanol–water partition coefficient (Wildman–Crippen LogP) is 2.14. The number of benzene rings is 1. The summed E-state index contributed by atoms with van der Waals surface area (Å²) in [5.74, 6) is -0.0345. The molecule has 0 aliphatic carbocycles. The number of rotatable bonds is 5. The summed E-state index contributed by atoms with van der Waals surface area (Å²) in [5.41, 5.74) is 2.27. The van der Waals surface area contributed by atoms with Crippen LogP contribution >= 0.6 is 0 Å². The first kappa shape index (κ1) is 18.5. The van der Waals surface area contributed by atoms with Crippen LogP contribution < -0.4 is 0 Å². The van der Waals surface area contributed by atoms with E-state index in [1.54, 1.807) is 23.6 Å². The molecule has 132 valence electrons. The van der Waals surface area contributed by atoms with Gasteiger partial charge in [-0.25, -0.2) is 0 Å². The van der Waals surface area contributed by atoms with Crippen molar-refractivity contribution in [1.82, 2.24) is 9.80 Å². The van der Waals surface area contributed by atoms with E-state index in [1.165, 1.54) is 5.56 Å². The minimum Gasteiger partial charge on any atom is -0.392 e. The normalized spacial score (nSPS) is 18.2. The number of nitrogens with zero attached hydrogens (tertiary/aromatic N) is 2. The van der Waals surface area contributed by atoms with E-state index >= 15 is 0 Å². The Labute approximate surface area is 144 Å². The average Bonchev–Trinajstić information content (AvgIpc) is 2.52. The fraction of sp³-hybridized carbons (Fsp3) is 0.579. The fourth-order valence-electron chi connectivity index (χ4n) is 3.42. The molecule has 1 aromatic carbocycles. The van der Waals surface area contributed by atoms with Crippen molar-refractivity contribution in [3.63, 3.8) is 0 Å². The first-order chi connectivity index (χ1) is 11.3. The van der Waals surface area contributed by atoms with Gasteiger partial charge >= 0.3 is 0 Å². The number of carbonyl (C=O) groups is 2. The molecule has 0 saturated carbocycles.